The maximum Gasteiger partial charge on any atom is 0.321 e. The summed E-state index contributed by atoms with van der Waals surface area (Å²) >= 11 is 0. The number of anilines is 1. The molecule has 2 aliphatic rings. The molecule has 5 nitrogen and oxygen atoms in total. The van der Waals surface area contributed by atoms with Crippen molar-refractivity contribution in [2.24, 2.45) is 0 Å². The van der Waals surface area contributed by atoms with Gasteiger partial charge in [-0.3, -0.25) is 4.79 Å². The number of amides is 3. The van der Waals surface area contributed by atoms with Crippen molar-refractivity contribution < 1.29 is 9.59 Å². The molecule has 2 aromatic rings. The van der Waals surface area contributed by atoms with Gasteiger partial charge < -0.3 is 15.1 Å². The zero-order chi connectivity index (χ0) is 19.3. The molecule has 0 spiro atoms. The molecule has 3 amide bonds. The highest BCUT2D eigenvalue weighted by Crippen LogP contribution is 2.28. The minimum absolute atomic E-state index is 0.0530. The van der Waals surface area contributed by atoms with Crippen LogP contribution in [0.15, 0.2) is 54.6 Å². The maximum absolute atomic E-state index is 12.7. The van der Waals surface area contributed by atoms with Gasteiger partial charge in [-0.2, -0.15) is 0 Å². The molecular formula is C23H27N3O2. The van der Waals surface area contributed by atoms with E-state index in [2.05, 4.69) is 29.6 Å². The minimum atomic E-state index is -0.0858. The molecule has 4 rings (SSSR count). The number of likely N-dealkylation sites (tertiary alicyclic amines) is 2. The lowest BCUT2D eigenvalue weighted by molar-refractivity contribution is 0.0793. The van der Waals surface area contributed by atoms with Crippen molar-refractivity contribution >= 4 is 17.6 Å². The van der Waals surface area contributed by atoms with Crippen LogP contribution in [0.1, 0.15) is 47.5 Å². The Bertz CT molecular complexity index is 823. The van der Waals surface area contributed by atoms with Crippen LogP contribution in [0.3, 0.4) is 0 Å². The second kappa shape index (κ2) is 8.46. The van der Waals surface area contributed by atoms with Crippen LogP contribution in [0.4, 0.5) is 10.5 Å². The molecule has 5 heteroatoms. The van der Waals surface area contributed by atoms with Crippen molar-refractivity contribution in [1.82, 2.24) is 9.80 Å². The number of urea groups is 1. The largest absolute Gasteiger partial charge is 0.339 e. The number of carbonyl (C=O) groups is 2. The number of carbonyl (C=O) groups excluding carboxylic acids is 2. The number of piperidine rings is 1. The van der Waals surface area contributed by atoms with Gasteiger partial charge in [0.25, 0.3) is 5.91 Å². The van der Waals surface area contributed by atoms with Crippen LogP contribution in [-0.4, -0.2) is 47.9 Å². The average Bonchev–Trinajstić information content (AvgIpc) is 3.29. The molecular weight excluding hydrogens is 350 g/mol. The number of hydrogen-bond donors (Lipinski definition) is 1. The fourth-order valence-electron chi connectivity index (χ4n) is 4.18. The van der Waals surface area contributed by atoms with Gasteiger partial charge in [0.1, 0.15) is 0 Å². The number of rotatable bonds is 3. The highest BCUT2D eigenvalue weighted by molar-refractivity contribution is 5.97. The van der Waals surface area contributed by atoms with Crippen LogP contribution in [-0.2, 0) is 0 Å². The van der Waals surface area contributed by atoms with Crippen molar-refractivity contribution in [2.75, 3.05) is 31.5 Å². The van der Waals surface area contributed by atoms with Gasteiger partial charge >= 0.3 is 6.03 Å². The van der Waals surface area contributed by atoms with Gasteiger partial charge in [-0.05, 0) is 55.4 Å². The van der Waals surface area contributed by atoms with Gasteiger partial charge in [-0.15, -0.1) is 0 Å². The van der Waals surface area contributed by atoms with Gasteiger partial charge in [-0.1, -0.05) is 36.4 Å². The molecule has 0 saturated carbocycles. The number of nitrogens with zero attached hydrogens (tertiary/aromatic N) is 2. The van der Waals surface area contributed by atoms with Gasteiger partial charge in [0.2, 0.25) is 0 Å². The lowest BCUT2D eigenvalue weighted by atomic mass is 9.90. The van der Waals surface area contributed by atoms with Crippen molar-refractivity contribution in [3.63, 3.8) is 0 Å². The van der Waals surface area contributed by atoms with Crippen LogP contribution in [0.25, 0.3) is 0 Å². The monoisotopic (exact) mass is 377 g/mol. The van der Waals surface area contributed by atoms with E-state index >= 15 is 0 Å². The first-order chi connectivity index (χ1) is 13.7. The zero-order valence-electron chi connectivity index (χ0n) is 16.1. The Morgan fingerprint density at radius 1 is 0.821 bits per heavy atom. The molecule has 2 aromatic carbocycles. The van der Waals surface area contributed by atoms with E-state index < -0.39 is 0 Å². The molecule has 28 heavy (non-hydrogen) atoms. The summed E-state index contributed by atoms with van der Waals surface area (Å²) in [6, 6.07) is 17.7. The summed E-state index contributed by atoms with van der Waals surface area (Å²) in [5.41, 5.74) is 2.68. The summed E-state index contributed by atoms with van der Waals surface area (Å²) in [6.45, 7) is 3.15. The second-order valence-electron chi connectivity index (χ2n) is 7.68. The predicted molar refractivity (Wildman–Crippen MR) is 111 cm³/mol. The first-order valence-electron chi connectivity index (χ1n) is 10.2. The highest BCUT2D eigenvalue weighted by atomic mass is 16.2. The van der Waals surface area contributed by atoms with E-state index in [1.807, 2.05) is 34.1 Å². The Morgan fingerprint density at radius 3 is 2.25 bits per heavy atom. The fourth-order valence-corrected chi connectivity index (χ4v) is 4.18. The second-order valence-corrected chi connectivity index (χ2v) is 7.68. The zero-order valence-corrected chi connectivity index (χ0v) is 16.1. The predicted octanol–water partition coefficient (Wildman–Crippen LogP) is 4.33. The molecule has 0 aromatic heterocycles. The molecule has 1 N–H and O–H groups in total. The summed E-state index contributed by atoms with van der Waals surface area (Å²) < 4.78 is 0. The fraction of sp³-hybridized carbons (Fsp3) is 0.391. The number of hydrogen-bond acceptors (Lipinski definition) is 2. The summed E-state index contributed by atoms with van der Waals surface area (Å²) in [5, 5.41) is 2.97. The maximum atomic E-state index is 12.7. The summed E-state index contributed by atoms with van der Waals surface area (Å²) in [7, 11) is 0. The standard InChI is InChI=1S/C23H27N3O2/c27-22(25-13-4-5-14-25)20-9-6-10-21(17-20)24-23(28)26-15-11-19(12-16-26)18-7-2-1-3-8-18/h1-3,6-10,17,19H,4-5,11-16H2,(H,24,28). The molecule has 0 bridgehead atoms. The highest BCUT2D eigenvalue weighted by Gasteiger charge is 2.24. The summed E-state index contributed by atoms with van der Waals surface area (Å²) in [5.74, 6) is 0.573. The van der Waals surface area contributed by atoms with Gasteiger partial charge in [0, 0.05) is 37.4 Å². The van der Waals surface area contributed by atoms with Gasteiger partial charge in [0.15, 0.2) is 0 Å². The third-order valence-corrected chi connectivity index (χ3v) is 5.81. The Hall–Kier alpha value is -2.82. The van der Waals surface area contributed by atoms with Crippen LogP contribution in [0, 0.1) is 0 Å². The Balaban J connectivity index is 1.34. The molecule has 2 aliphatic heterocycles. The lowest BCUT2D eigenvalue weighted by Crippen LogP contribution is -2.40. The molecule has 146 valence electrons. The third-order valence-electron chi connectivity index (χ3n) is 5.81. The molecule has 0 unspecified atom stereocenters. The molecule has 2 heterocycles. The van der Waals surface area contributed by atoms with Crippen LogP contribution in [0.5, 0.6) is 0 Å². The van der Waals surface area contributed by atoms with Crippen LogP contribution < -0.4 is 5.32 Å². The van der Waals surface area contributed by atoms with E-state index in [1.54, 1.807) is 6.07 Å². The Labute approximate surface area is 166 Å². The van der Waals surface area contributed by atoms with Gasteiger partial charge in [-0.25, -0.2) is 4.79 Å². The van der Waals surface area contributed by atoms with E-state index in [9.17, 15) is 9.59 Å². The normalized spacial score (nSPS) is 17.6. The molecule has 0 radical (unpaired) electrons. The van der Waals surface area contributed by atoms with Crippen molar-refractivity contribution in [3.8, 4) is 0 Å². The van der Waals surface area contributed by atoms with Crippen molar-refractivity contribution in [1.29, 1.82) is 0 Å². The molecule has 2 fully saturated rings. The lowest BCUT2D eigenvalue weighted by Gasteiger charge is -2.32. The Kier molecular flexibility index (Phi) is 5.60. The first kappa shape index (κ1) is 18.5. The molecule has 0 atom stereocenters. The topological polar surface area (TPSA) is 52.7 Å². The van der Waals surface area contributed by atoms with Crippen LogP contribution >= 0.6 is 0 Å². The Morgan fingerprint density at radius 2 is 1.54 bits per heavy atom. The van der Waals surface area contributed by atoms with E-state index in [1.165, 1.54) is 5.56 Å². The quantitative estimate of drug-likeness (QED) is 0.865. The smallest absolute Gasteiger partial charge is 0.321 e. The van der Waals surface area contributed by atoms with E-state index in [-0.39, 0.29) is 11.9 Å². The molecule has 0 aliphatic carbocycles. The summed E-state index contributed by atoms with van der Waals surface area (Å²) in [4.78, 5) is 29.0. The third kappa shape index (κ3) is 4.19. The first-order valence-corrected chi connectivity index (χ1v) is 10.2. The van der Waals surface area contributed by atoms with E-state index in [0.717, 1.165) is 51.9 Å². The minimum Gasteiger partial charge on any atom is -0.339 e. The average molecular weight is 377 g/mol. The molecule has 2 saturated heterocycles. The number of nitrogens with one attached hydrogen (secondary N) is 1. The van der Waals surface area contributed by atoms with Crippen molar-refractivity contribution in [3.05, 3.63) is 65.7 Å². The SMILES string of the molecule is O=C(Nc1cccc(C(=O)N2CCCC2)c1)N1CCC(c2ccccc2)CC1. The van der Waals surface area contributed by atoms with E-state index in [0.29, 0.717) is 17.2 Å². The number of benzene rings is 2. The van der Waals surface area contributed by atoms with E-state index in [4.69, 9.17) is 0 Å². The summed E-state index contributed by atoms with van der Waals surface area (Å²) in [6.07, 6.45) is 4.10. The van der Waals surface area contributed by atoms with Crippen LogP contribution in [0.2, 0.25) is 0 Å². The van der Waals surface area contributed by atoms with Crippen molar-refractivity contribution in [2.45, 2.75) is 31.6 Å². The van der Waals surface area contributed by atoms with Gasteiger partial charge in [0.05, 0.1) is 0 Å².